The van der Waals surface area contributed by atoms with Crippen LogP contribution in [0, 0.1) is 15.5 Å². The Balaban J connectivity index is 2.01. The second-order valence-corrected chi connectivity index (χ2v) is 6.54. The fourth-order valence-corrected chi connectivity index (χ4v) is 3.01. The van der Waals surface area contributed by atoms with Crippen LogP contribution in [0.2, 0.25) is 0 Å². The van der Waals surface area contributed by atoms with Crippen LogP contribution < -0.4 is 4.74 Å². The molecule has 21 heavy (non-hydrogen) atoms. The second-order valence-electron chi connectivity index (χ2n) is 6.02. The third-order valence-corrected chi connectivity index (χ3v) is 5.13. The highest BCUT2D eigenvalue weighted by molar-refractivity contribution is 6.21. The number of nitro benzene ring substituents is 1. The van der Waals surface area contributed by atoms with Gasteiger partial charge in [-0.15, -0.1) is 11.6 Å². The van der Waals surface area contributed by atoms with Crippen LogP contribution in [0.5, 0.6) is 5.75 Å². The van der Waals surface area contributed by atoms with E-state index in [2.05, 4.69) is 13.8 Å². The third-order valence-electron chi connectivity index (χ3n) is 4.39. The van der Waals surface area contributed by atoms with Crippen molar-refractivity contribution in [2.45, 2.75) is 31.7 Å². The fraction of sp³-hybridized carbons (Fsp3) is 0.375. The molecular weight excluding hydrogens is 290 g/mol. The van der Waals surface area contributed by atoms with E-state index in [4.69, 9.17) is 16.3 Å². The summed E-state index contributed by atoms with van der Waals surface area (Å²) in [5.74, 6) is 0.679. The zero-order valence-electron chi connectivity index (χ0n) is 11.9. The third kappa shape index (κ3) is 2.23. The first-order valence-corrected chi connectivity index (χ1v) is 7.32. The minimum absolute atomic E-state index is 0.0323. The van der Waals surface area contributed by atoms with Crippen LogP contribution in [0.1, 0.15) is 20.3 Å². The maximum absolute atomic E-state index is 11.1. The van der Waals surface area contributed by atoms with Gasteiger partial charge >= 0.3 is 0 Å². The first kappa shape index (κ1) is 14.1. The molecule has 0 amide bonds. The Morgan fingerprint density at radius 3 is 2.48 bits per heavy atom. The molecule has 0 saturated heterocycles. The maximum Gasteiger partial charge on any atom is 0.277 e. The Morgan fingerprint density at radius 1 is 1.24 bits per heavy atom. The molecule has 2 aromatic carbocycles. The molecule has 2 unspecified atom stereocenters. The van der Waals surface area contributed by atoms with Crippen LogP contribution in [0.25, 0.3) is 10.8 Å². The minimum Gasteiger partial charge on any atom is -0.489 e. The van der Waals surface area contributed by atoms with E-state index in [-0.39, 0.29) is 27.5 Å². The number of ether oxygens (including phenoxy) is 1. The predicted molar refractivity (Wildman–Crippen MR) is 83.1 cm³/mol. The average molecular weight is 306 g/mol. The van der Waals surface area contributed by atoms with E-state index in [0.29, 0.717) is 11.1 Å². The zero-order valence-corrected chi connectivity index (χ0v) is 12.6. The van der Waals surface area contributed by atoms with Crippen molar-refractivity contribution in [2.24, 2.45) is 5.41 Å². The van der Waals surface area contributed by atoms with Crippen molar-refractivity contribution in [3.8, 4) is 5.75 Å². The molecule has 0 N–H and O–H groups in total. The van der Waals surface area contributed by atoms with Crippen LogP contribution in [0.3, 0.4) is 0 Å². The van der Waals surface area contributed by atoms with Crippen molar-refractivity contribution >= 4 is 28.1 Å². The summed E-state index contributed by atoms with van der Waals surface area (Å²) in [5, 5.41) is 12.6. The Bertz CT molecular complexity index is 714. The number of alkyl halides is 1. The van der Waals surface area contributed by atoms with Gasteiger partial charge in [0.15, 0.2) is 0 Å². The van der Waals surface area contributed by atoms with Gasteiger partial charge in [-0.05, 0) is 12.1 Å². The number of fused-ring (bicyclic) bond motifs is 1. The van der Waals surface area contributed by atoms with Crippen LogP contribution in [-0.2, 0) is 0 Å². The van der Waals surface area contributed by atoms with E-state index >= 15 is 0 Å². The molecule has 4 nitrogen and oxygen atoms in total. The number of rotatable bonds is 3. The predicted octanol–water partition coefficient (Wildman–Crippen LogP) is 4.53. The largest absolute Gasteiger partial charge is 0.489 e. The van der Waals surface area contributed by atoms with Crippen molar-refractivity contribution in [3.63, 3.8) is 0 Å². The summed E-state index contributed by atoms with van der Waals surface area (Å²) >= 11 is 6.22. The Hall–Kier alpha value is -1.81. The minimum atomic E-state index is -0.367. The van der Waals surface area contributed by atoms with Gasteiger partial charge in [0, 0.05) is 28.7 Å². The number of hydrogen-bond acceptors (Lipinski definition) is 3. The second kappa shape index (κ2) is 4.88. The van der Waals surface area contributed by atoms with Crippen molar-refractivity contribution in [1.29, 1.82) is 0 Å². The van der Waals surface area contributed by atoms with Crippen molar-refractivity contribution < 1.29 is 9.66 Å². The lowest BCUT2D eigenvalue weighted by Gasteiger charge is -2.48. The number of nitrogens with zero attached hydrogens (tertiary/aromatic N) is 1. The molecule has 2 aromatic rings. The number of benzene rings is 2. The standard InChI is InChI=1S/C16H16ClNO3/c1-16(2)14(17)9-15(16)21-13-8-7-12(18(19)20)10-5-3-4-6-11(10)13/h3-8,14-15H,9H2,1-2H3. The van der Waals surface area contributed by atoms with Gasteiger partial charge in [0.25, 0.3) is 5.69 Å². The number of nitro groups is 1. The van der Waals surface area contributed by atoms with E-state index in [1.165, 1.54) is 6.07 Å². The van der Waals surface area contributed by atoms with Gasteiger partial charge in [-0.3, -0.25) is 10.1 Å². The lowest BCUT2D eigenvalue weighted by Crippen LogP contribution is -2.53. The highest BCUT2D eigenvalue weighted by atomic mass is 35.5. The smallest absolute Gasteiger partial charge is 0.277 e. The van der Waals surface area contributed by atoms with Crippen LogP contribution >= 0.6 is 11.6 Å². The molecule has 5 heteroatoms. The molecule has 1 saturated carbocycles. The van der Waals surface area contributed by atoms with Crippen LogP contribution in [0.4, 0.5) is 5.69 Å². The topological polar surface area (TPSA) is 52.4 Å². The summed E-state index contributed by atoms with van der Waals surface area (Å²) in [4.78, 5) is 10.7. The molecule has 1 aliphatic rings. The Kier molecular flexibility index (Phi) is 3.29. The van der Waals surface area contributed by atoms with Crippen molar-refractivity contribution in [3.05, 3.63) is 46.5 Å². The SMILES string of the molecule is CC1(C)C(Cl)CC1Oc1ccc([N+](=O)[O-])c2ccccc12. The van der Waals surface area contributed by atoms with E-state index in [0.717, 1.165) is 11.8 Å². The maximum atomic E-state index is 11.1. The molecule has 0 aliphatic heterocycles. The molecule has 1 fully saturated rings. The van der Waals surface area contributed by atoms with Gasteiger partial charge in [-0.2, -0.15) is 0 Å². The Labute approximate surface area is 127 Å². The summed E-state index contributed by atoms with van der Waals surface area (Å²) in [6, 6.07) is 10.4. The quantitative estimate of drug-likeness (QED) is 0.475. The van der Waals surface area contributed by atoms with E-state index in [9.17, 15) is 10.1 Å². The summed E-state index contributed by atoms with van der Waals surface area (Å²) in [7, 11) is 0. The number of halogens is 1. The highest BCUT2D eigenvalue weighted by Crippen LogP contribution is 2.47. The van der Waals surface area contributed by atoms with Crippen molar-refractivity contribution in [2.75, 3.05) is 0 Å². The number of hydrogen-bond donors (Lipinski definition) is 0. The highest BCUT2D eigenvalue weighted by Gasteiger charge is 2.49. The van der Waals surface area contributed by atoms with Gasteiger partial charge in [-0.25, -0.2) is 0 Å². The lowest BCUT2D eigenvalue weighted by atomic mass is 9.68. The van der Waals surface area contributed by atoms with E-state index < -0.39 is 0 Å². The number of non-ortho nitro benzene ring substituents is 1. The fourth-order valence-electron chi connectivity index (χ4n) is 2.71. The Morgan fingerprint density at radius 2 is 1.90 bits per heavy atom. The molecule has 0 bridgehead atoms. The lowest BCUT2D eigenvalue weighted by molar-refractivity contribution is -0.383. The van der Waals surface area contributed by atoms with Crippen molar-refractivity contribution in [1.82, 2.24) is 0 Å². The molecule has 0 aromatic heterocycles. The first-order valence-electron chi connectivity index (χ1n) is 6.88. The molecule has 1 aliphatic carbocycles. The molecule has 3 rings (SSSR count). The summed E-state index contributed by atoms with van der Waals surface area (Å²) in [6.07, 6.45) is 0.824. The monoisotopic (exact) mass is 305 g/mol. The molecule has 110 valence electrons. The summed E-state index contributed by atoms with van der Waals surface area (Å²) in [5.41, 5.74) is 0.00536. The molecule has 0 heterocycles. The molecule has 2 atom stereocenters. The van der Waals surface area contributed by atoms with Gasteiger partial charge in [0.1, 0.15) is 11.9 Å². The molecular formula is C16H16ClNO3. The summed E-state index contributed by atoms with van der Waals surface area (Å²) in [6.45, 7) is 4.15. The zero-order chi connectivity index (χ0) is 15.2. The van der Waals surface area contributed by atoms with Gasteiger partial charge in [0.2, 0.25) is 0 Å². The average Bonchev–Trinajstić information content (AvgIpc) is 2.46. The van der Waals surface area contributed by atoms with Gasteiger partial charge < -0.3 is 4.74 Å². The summed E-state index contributed by atoms with van der Waals surface area (Å²) < 4.78 is 6.08. The molecule has 0 radical (unpaired) electrons. The van der Waals surface area contributed by atoms with E-state index in [1.807, 2.05) is 12.1 Å². The van der Waals surface area contributed by atoms with Gasteiger partial charge in [-0.1, -0.05) is 32.0 Å². The molecule has 0 spiro atoms. The van der Waals surface area contributed by atoms with E-state index in [1.54, 1.807) is 18.2 Å². The van der Waals surface area contributed by atoms with Gasteiger partial charge in [0.05, 0.1) is 10.3 Å². The van der Waals surface area contributed by atoms with Crippen LogP contribution in [-0.4, -0.2) is 16.4 Å². The van der Waals surface area contributed by atoms with Crippen LogP contribution in [0.15, 0.2) is 36.4 Å². The first-order chi connectivity index (χ1) is 9.91. The normalized spacial score (nSPS) is 23.6.